The van der Waals surface area contributed by atoms with Gasteiger partial charge in [0.25, 0.3) is 0 Å². The molecule has 0 aromatic carbocycles. The molecule has 0 saturated carbocycles. The van der Waals surface area contributed by atoms with Gasteiger partial charge in [0.1, 0.15) is 0 Å². The average molecular weight is 340 g/mol. The molecular weight excluding hydrogens is 308 g/mol. The molecule has 2 saturated heterocycles. The van der Waals surface area contributed by atoms with E-state index in [1.54, 1.807) is 7.05 Å². The van der Waals surface area contributed by atoms with E-state index in [0.717, 1.165) is 45.6 Å². The average Bonchev–Trinajstić information content (AvgIpc) is 2.57. The topological polar surface area (TPSA) is 73.9 Å². The molecule has 0 aliphatic carbocycles. The number of ether oxygens (including phenoxy) is 1. The van der Waals surface area contributed by atoms with Crippen LogP contribution < -0.4 is 10.6 Å². The lowest BCUT2D eigenvalue weighted by atomic mass is 9.93. The fourth-order valence-corrected chi connectivity index (χ4v) is 3.66. The highest BCUT2D eigenvalue weighted by molar-refractivity contribution is 5.83. The normalized spacial score (nSPS) is 26.2. The largest absolute Gasteiger partial charge is 0.373 e. The molecule has 2 atom stereocenters. The summed E-state index contributed by atoms with van der Waals surface area (Å²) in [6.45, 7) is 9.12. The number of likely N-dealkylation sites (tertiary alicyclic amines) is 1. The number of rotatable bonds is 5. The number of nitrogens with one attached hydrogen (secondary N) is 2. The summed E-state index contributed by atoms with van der Waals surface area (Å²) in [5, 5.41) is 5.01. The predicted octanol–water partition coefficient (Wildman–Crippen LogP) is 0.653. The first kappa shape index (κ1) is 19.0. The third-order valence-corrected chi connectivity index (χ3v) is 4.94. The molecule has 2 aliphatic heterocycles. The Bertz CT molecular complexity index is 414. The van der Waals surface area contributed by atoms with Gasteiger partial charge in [-0.1, -0.05) is 0 Å². The first-order valence-electron chi connectivity index (χ1n) is 9.09. The van der Waals surface area contributed by atoms with E-state index in [4.69, 9.17) is 4.74 Å². The van der Waals surface area contributed by atoms with Crippen LogP contribution >= 0.6 is 0 Å². The number of hydrogen-bond acceptors (Lipinski definition) is 4. The highest BCUT2D eigenvalue weighted by Crippen LogP contribution is 2.22. The van der Waals surface area contributed by atoms with Gasteiger partial charge in [0, 0.05) is 33.2 Å². The molecule has 0 unspecified atom stereocenters. The SMILES string of the molecule is CNC(=O)NCC(=O)N1CCC(CCN2C[C@@H](C)O[C@@H](C)C2)CC1. The molecule has 0 aromatic heterocycles. The molecule has 0 radical (unpaired) electrons. The van der Waals surface area contributed by atoms with Crippen molar-refractivity contribution in [1.29, 1.82) is 0 Å². The van der Waals surface area contributed by atoms with Crippen LogP contribution in [0.15, 0.2) is 0 Å². The zero-order valence-corrected chi connectivity index (χ0v) is 15.2. The van der Waals surface area contributed by atoms with E-state index < -0.39 is 0 Å². The smallest absolute Gasteiger partial charge is 0.314 e. The van der Waals surface area contributed by atoms with Crippen LogP contribution in [0.3, 0.4) is 0 Å². The minimum atomic E-state index is -0.313. The Balaban J connectivity index is 1.64. The van der Waals surface area contributed by atoms with Gasteiger partial charge in [-0.25, -0.2) is 4.79 Å². The van der Waals surface area contributed by atoms with Gasteiger partial charge in [0.15, 0.2) is 0 Å². The van der Waals surface area contributed by atoms with Crippen molar-refractivity contribution < 1.29 is 14.3 Å². The van der Waals surface area contributed by atoms with E-state index in [-0.39, 0.29) is 18.5 Å². The molecule has 2 aliphatic rings. The number of carbonyl (C=O) groups excluding carboxylic acids is 2. The van der Waals surface area contributed by atoms with E-state index in [2.05, 4.69) is 29.4 Å². The summed E-state index contributed by atoms with van der Waals surface area (Å²) < 4.78 is 5.78. The lowest BCUT2D eigenvalue weighted by molar-refractivity contribution is -0.131. The van der Waals surface area contributed by atoms with Gasteiger partial charge in [-0.15, -0.1) is 0 Å². The summed E-state index contributed by atoms with van der Waals surface area (Å²) in [7, 11) is 1.54. The summed E-state index contributed by atoms with van der Waals surface area (Å²) in [4.78, 5) is 27.6. The maximum absolute atomic E-state index is 12.1. The second kappa shape index (κ2) is 9.22. The maximum atomic E-state index is 12.1. The van der Waals surface area contributed by atoms with E-state index in [1.807, 2.05) is 4.90 Å². The van der Waals surface area contributed by atoms with Crippen LogP contribution in [0.2, 0.25) is 0 Å². The molecule has 7 nitrogen and oxygen atoms in total. The number of piperidine rings is 1. The van der Waals surface area contributed by atoms with Crippen molar-refractivity contribution in [3.63, 3.8) is 0 Å². The molecule has 3 amide bonds. The number of urea groups is 1. The number of amides is 3. The number of nitrogens with zero attached hydrogens (tertiary/aromatic N) is 2. The molecule has 2 rings (SSSR count). The van der Waals surface area contributed by atoms with E-state index in [0.29, 0.717) is 18.1 Å². The highest BCUT2D eigenvalue weighted by atomic mass is 16.5. The fraction of sp³-hybridized carbons (Fsp3) is 0.882. The molecular formula is C17H32N4O3. The van der Waals surface area contributed by atoms with Crippen LogP contribution in [0.4, 0.5) is 4.79 Å². The Morgan fingerprint density at radius 3 is 2.33 bits per heavy atom. The second-order valence-corrected chi connectivity index (χ2v) is 7.06. The van der Waals surface area contributed by atoms with Gasteiger partial charge in [0.05, 0.1) is 18.8 Å². The third kappa shape index (κ3) is 5.94. The molecule has 2 N–H and O–H groups in total. The Labute approximate surface area is 145 Å². The third-order valence-electron chi connectivity index (χ3n) is 4.94. The first-order chi connectivity index (χ1) is 11.5. The van der Waals surface area contributed by atoms with Crippen molar-refractivity contribution in [3.8, 4) is 0 Å². The van der Waals surface area contributed by atoms with E-state index in [9.17, 15) is 9.59 Å². The molecule has 138 valence electrons. The number of carbonyl (C=O) groups is 2. The molecule has 7 heteroatoms. The van der Waals surface area contributed by atoms with Crippen molar-refractivity contribution in [3.05, 3.63) is 0 Å². The zero-order chi connectivity index (χ0) is 17.5. The first-order valence-corrected chi connectivity index (χ1v) is 9.09. The van der Waals surface area contributed by atoms with Crippen molar-refractivity contribution in [1.82, 2.24) is 20.4 Å². The van der Waals surface area contributed by atoms with Crippen molar-refractivity contribution in [2.45, 2.75) is 45.3 Å². The molecule has 0 bridgehead atoms. The number of hydrogen-bond donors (Lipinski definition) is 2. The Morgan fingerprint density at radius 2 is 1.75 bits per heavy atom. The summed E-state index contributed by atoms with van der Waals surface area (Å²) in [6, 6.07) is -0.313. The van der Waals surface area contributed by atoms with Gasteiger partial charge in [-0.05, 0) is 45.6 Å². The van der Waals surface area contributed by atoms with Gasteiger partial charge in [-0.2, -0.15) is 0 Å². The summed E-state index contributed by atoms with van der Waals surface area (Å²) in [5.41, 5.74) is 0. The minimum absolute atomic E-state index is 0.00730. The van der Waals surface area contributed by atoms with Gasteiger partial charge in [-0.3, -0.25) is 9.69 Å². The highest BCUT2D eigenvalue weighted by Gasteiger charge is 2.25. The van der Waals surface area contributed by atoms with Crippen LogP contribution in [0.1, 0.15) is 33.1 Å². The summed E-state index contributed by atoms with van der Waals surface area (Å²) in [6.07, 6.45) is 3.95. The van der Waals surface area contributed by atoms with Crippen LogP contribution in [0, 0.1) is 5.92 Å². The Morgan fingerprint density at radius 1 is 1.12 bits per heavy atom. The zero-order valence-electron chi connectivity index (χ0n) is 15.2. The molecule has 2 fully saturated rings. The van der Waals surface area contributed by atoms with Crippen molar-refractivity contribution >= 4 is 11.9 Å². The quantitative estimate of drug-likeness (QED) is 0.771. The lowest BCUT2D eigenvalue weighted by Crippen LogP contribution is -2.47. The van der Waals surface area contributed by atoms with E-state index in [1.165, 1.54) is 6.42 Å². The van der Waals surface area contributed by atoms with E-state index >= 15 is 0 Å². The van der Waals surface area contributed by atoms with Crippen LogP contribution in [-0.4, -0.2) is 80.3 Å². The van der Waals surface area contributed by atoms with Crippen molar-refractivity contribution in [2.75, 3.05) is 46.3 Å². The standard InChI is InChI=1S/C17H32N4O3/c1-13-11-20(12-14(2)24-13)7-4-15-5-8-21(9-6-15)16(22)10-19-17(23)18-3/h13-15H,4-12H2,1-3H3,(H2,18,19,23)/t13-,14+. The Hall–Kier alpha value is -1.34. The Kier molecular flexibility index (Phi) is 7.30. The van der Waals surface area contributed by atoms with Gasteiger partial charge < -0.3 is 20.3 Å². The summed E-state index contributed by atoms with van der Waals surface area (Å²) >= 11 is 0. The fourth-order valence-electron chi connectivity index (χ4n) is 3.66. The lowest BCUT2D eigenvalue weighted by Gasteiger charge is -2.37. The number of morpholine rings is 1. The molecule has 0 spiro atoms. The summed E-state index contributed by atoms with van der Waals surface area (Å²) in [5.74, 6) is 0.697. The van der Waals surface area contributed by atoms with Gasteiger partial charge >= 0.3 is 6.03 Å². The van der Waals surface area contributed by atoms with Crippen LogP contribution in [-0.2, 0) is 9.53 Å². The molecule has 24 heavy (non-hydrogen) atoms. The molecule has 2 heterocycles. The minimum Gasteiger partial charge on any atom is -0.373 e. The van der Waals surface area contributed by atoms with Crippen LogP contribution in [0.25, 0.3) is 0 Å². The molecule has 0 aromatic rings. The van der Waals surface area contributed by atoms with Crippen LogP contribution in [0.5, 0.6) is 0 Å². The van der Waals surface area contributed by atoms with Crippen molar-refractivity contribution in [2.24, 2.45) is 5.92 Å². The van der Waals surface area contributed by atoms with Gasteiger partial charge in [0.2, 0.25) is 5.91 Å². The monoisotopic (exact) mass is 340 g/mol. The second-order valence-electron chi connectivity index (χ2n) is 7.06. The predicted molar refractivity (Wildman–Crippen MR) is 92.8 cm³/mol. The maximum Gasteiger partial charge on any atom is 0.314 e.